The van der Waals surface area contributed by atoms with E-state index in [4.69, 9.17) is 20.2 Å². The first-order valence-electron chi connectivity index (χ1n) is 26.7. The van der Waals surface area contributed by atoms with Crippen LogP contribution >= 0.6 is 0 Å². The molecule has 404 valence electrons. The Morgan fingerprint density at radius 2 is 0.763 bits per heavy atom. The number of rotatable bonds is 27. The maximum absolute atomic E-state index is 13.3. The molecule has 76 heavy (non-hydrogen) atoms. The molecule has 0 spiro atoms. The van der Waals surface area contributed by atoms with E-state index in [-0.39, 0.29) is 60.4 Å². The maximum atomic E-state index is 13.3. The van der Waals surface area contributed by atoms with E-state index in [1.165, 1.54) is 5.56 Å². The summed E-state index contributed by atoms with van der Waals surface area (Å²) in [6.45, 7) is 11.8. The lowest BCUT2D eigenvalue weighted by molar-refractivity contribution is -0.145. The molecule has 6 unspecified atom stereocenters. The molecule has 6 aromatic carbocycles. The van der Waals surface area contributed by atoms with Gasteiger partial charge in [-0.05, 0) is 112 Å². The highest BCUT2D eigenvalue weighted by molar-refractivity contribution is 5.92. The van der Waals surface area contributed by atoms with E-state index in [1.54, 1.807) is 13.8 Å². The fourth-order valence-electron chi connectivity index (χ4n) is 8.68. The average molecular weight is 1030 g/mol. The number of aliphatic imine (C=N–C) groups is 1. The molecule has 6 atom stereocenters. The summed E-state index contributed by atoms with van der Waals surface area (Å²) in [5, 5.41) is 0. The van der Waals surface area contributed by atoms with Gasteiger partial charge in [0.1, 0.15) is 29.4 Å². The SMILES string of the molecule is C.CC(=O)C(CC(=O)C(C)Cc1ccccc1)Cc1ccccc1.CCOC(=O)C(CCc1ccccc1)N=C(C)C(CC(=O)C(C)Cc1ccccc1)Cc1ccccc1.CCOC(=O)C(N)CCc1ccccc1. The molecule has 0 radical (unpaired) electrons. The summed E-state index contributed by atoms with van der Waals surface area (Å²) in [6, 6.07) is 59.2. The highest BCUT2D eigenvalue weighted by atomic mass is 16.5. The van der Waals surface area contributed by atoms with Crippen LogP contribution in [0.4, 0.5) is 0 Å². The third-order valence-corrected chi connectivity index (χ3v) is 13.2. The van der Waals surface area contributed by atoms with Gasteiger partial charge >= 0.3 is 11.9 Å². The van der Waals surface area contributed by atoms with Gasteiger partial charge in [0.05, 0.1) is 13.2 Å². The first-order chi connectivity index (χ1) is 36.3. The number of nitrogens with zero attached hydrogens (tertiary/aromatic N) is 1. The fraction of sp³-hybridized carbons (Fsp3) is 0.373. The Morgan fingerprint density at radius 3 is 1.13 bits per heavy atom. The molecular weight excluding hydrogens is 945 g/mol. The third kappa shape index (κ3) is 24.5. The van der Waals surface area contributed by atoms with Crippen LogP contribution in [0.3, 0.4) is 0 Å². The summed E-state index contributed by atoms with van der Waals surface area (Å²) >= 11 is 0. The maximum Gasteiger partial charge on any atom is 0.330 e. The number of nitrogens with two attached hydrogens (primary N) is 1. The van der Waals surface area contributed by atoms with Crippen molar-refractivity contribution in [2.24, 2.45) is 34.4 Å². The van der Waals surface area contributed by atoms with Gasteiger partial charge in [0, 0.05) is 42.2 Å². The Hall–Kier alpha value is -7.10. The smallest absolute Gasteiger partial charge is 0.330 e. The van der Waals surface area contributed by atoms with E-state index >= 15 is 0 Å². The van der Waals surface area contributed by atoms with Crippen molar-refractivity contribution in [1.82, 2.24) is 0 Å². The van der Waals surface area contributed by atoms with E-state index in [0.29, 0.717) is 51.7 Å². The third-order valence-electron chi connectivity index (χ3n) is 13.2. The van der Waals surface area contributed by atoms with Gasteiger partial charge in [0.15, 0.2) is 0 Å². The highest BCUT2D eigenvalue weighted by Crippen LogP contribution is 2.22. The summed E-state index contributed by atoms with van der Waals surface area (Å²) in [7, 11) is 0. The topological polar surface area (TPSA) is 142 Å². The first kappa shape index (κ1) is 63.2. The lowest BCUT2D eigenvalue weighted by atomic mass is 9.85. The number of ether oxygens (including phenoxy) is 2. The molecule has 0 fully saturated rings. The number of carbonyl (C=O) groups is 5. The van der Waals surface area contributed by atoms with Gasteiger partial charge in [-0.1, -0.05) is 203 Å². The molecule has 6 aromatic rings. The van der Waals surface area contributed by atoms with Crippen molar-refractivity contribution in [3.05, 3.63) is 215 Å². The number of benzene rings is 6. The Bertz CT molecular complexity index is 2590. The van der Waals surface area contributed by atoms with Gasteiger partial charge in [-0.15, -0.1) is 0 Å². The van der Waals surface area contributed by atoms with E-state index in [1.807, 2.05) is 173 Å². The normalized spacial score (nSPS) is 13.2. The van der Waals surface area contributed by atoms with Crippen molar-refractivity contribution in [3.8, 4) is 0 Å². The van der Waals surface area contributed by atoms with Gasteiger partial charge in [0.2, 0.25) is 0 Å². The van der Waals surface area contributed by atoms with Gasteiger partial charge < -0.3 is 15.2 Å². The Balaban J connectivity index is 0.000000331. The van der Waals surface area contributed by atoms with Crippen molar-refractivity contribution in [2.45, 2.75) is 125 Å². The summed E-state index contributed by atoms with van der Waals surface area (Å²) < 4.78 is 10.2. The van der Waals surface area contributed by atoms with Gasteiger partial charge in [-0.2, -0.15) is 0 Å². The quantitative estimate of drug-likeness (QED) is 0.0397. The number of ketones is 3. The second kappa shape index (κ2) is 36.0. The monoisotopic (exact) mass is 1030 g/mol. The largest absolute Gasteiger partial charge is 0.465 e. The van der Waals surface area contributed by atoms with Crippen LogP contribution in [-0.4, -0.2) is 60.3 Å². The molecule has 0 saturated heterocycles. The van der Waals surface area contributed by atoms with Gasteiger partial charge in [-0.3, -0.25) is 24.2 Å². The van der Waals surface area contributed by atoms with E-state index in [2.05, 4.69) is 36.4 Å². The van der Waals surface area contributed by atoms with Crippen molar-refractivity contribution < 1.29 is 33.4 Å². The average Bonchev–Trinajstić information content (AvgIpc) is 3.43. The Morgan fingerprint density at radius 1 is 0.447 bits per heavy atom. The van der Waals surface area contributed by atoms with Crippen LogP contribution in [0.1, 0.15) is 108 Å². The summed E-state index contributed by atoms with van der Waals surface area (Å²) in [4.78, 5) is 66.7. The number of esters is 2. The molecule has 2 N–H and O–H groups in total. The minimum atomic E-state index is -0.588. The lowest BCUT2D eigenvalue weighted by Gasteiger charge is -2.21. The zero-order valence-electron chi connectivity index (χ0n) is 45.2. The number of Topliss-reactive ketones (excluding diaryl/α,β-unsaturated/α-hetero) is 3. The summed E-state index contributed by atoms with van der Waals surface area (Å²) in [5.41, 5.74) is 13.4. The second-order valence-corrected chi connectivity index (χ2v) is 19.4. The molecule has 0 bridgehead atoms. The minimum Gasteiger partial charge on any atom is -0.465 e. The molecule has 0 aliphatic heterocycles. The lowest BCUT2D eigenvalue weighted by Crippen LogP contribution is -2.32. The van der Waals surface area contributed by atoms with E-state index in [0.717, 1.165) is 59.2 Å². The van der Waals surface area contributed by atoms with Crippen LogP contribution in [-0.2, 0) is 72.0 Å². The van der Waals surface area contributed by atoms with Crippen LogP contribution in [0, 0.1) is 23.7 Å². The predicted molar refractivity (Wildman–Crippen MR) is 310 cm³/mol. The molecule has 0 aliphatic rings. The molecule has 9 nitrogen and oxygen atoms in total. The number of hydrogen-bond acceptors (Lipinski definition) is 9. The molecule has 0 aliphatic carbocycles. The fourth-order valence-corrected chi connectivity index (χ4v) is 8.68. The number of aryl methyl sites for hydroxylation is 2. The molecule has 0 heterocycles. The predicted octanol–water partition coefficient (Wildman–Crippen LogP) is 13.1. The van der Waals surface area contributed by atoms with Crippen LogP contribution in [0.25, 0.3) is 0 Å². The van der Waals surface area contributed by atoms with Crippen molar-refractivity contribution in [3.63, 3.8) is 0 Å². The molecule has 0 saturated carbocycles. The van der Waals surface area contributed by atoms with Crippen molar-refractivity contribution in [2.75, 3.05) is 13.2 Å². The zero-order valence-corrected chi connectivity index (χ0v) is 45.2. The van der Waals surface area contributed by atoms with Crippen LogP contribution in [0.2, 0.25) is 0 Å². The zero-order chi connectivity index (χ0) is 54.2. The van der Waals surface area contributed by atoms with E-state index in [9.17, 15) is 24.0 Å². The van der Waals surface area contributed by atoms with Crippen LogP contribution in [0.15, 0.2) is 187 Å². The molecule has 9 heteroatoms. The van der Waals surface area contributed by atoms with E-state index < -0.39 is 12.1 Å². The Labute approximate surface area is 454 Å². The Kier molecular flexibility index (Phi) is 29.9. The second-order valence-electron chi connectivity index (χ2n) is 19.4. The van der Waals surface area contributed by atoms with Crippen LogP contribution < -0.4 is 5.73 Å². The molecule has 0 amide bonds. The van der Waals surface area contributed by atoms with Crippen molar-refractivity contribution >= 4 is 35.0 Å². The summed E-state index contributed by atoms with van der Waals surface area (Å²) in [6.07, 6.45) is 6.25. The van der Waals surface area contributed by atoms with Crippen molar-refractivity contribution in [1.29, 1.82) is 0 Å². The number of hydrogen-bond donors (Lipinski definition) is 1. The molecular formula is C67H84N2O7. The van der Waals surface area contributed by atoms with Gasteiger partial charge in [-0.25, -0.2) is 4.79 Å². The first-order valence-corrected chi connectivity index (χ1v) is 26.7. The van der Waals surface area contributed by atoms with Crippen LogP contribution in [0.5, 0.6) is 0 Å². The number of carbonyl (C=O) groups excluding carboxylic acids is 5. The van der Waals surface area contributed by atoms with Gasteiger partial charge in [0.25, 0.3) is 0 Å². The summed E-state index contributed by atoms with van der Waals surface area (Å²) in [5.74, 6) is -0.587. The highest BCUT2D eigenvalue weighted by Gasteiger charge is 2.26. The molecule has 6 rings (SSSR count). The molecule has 0 aromatic heterocycles. The standard InChI is InChI=1S/C33H39NO3.C21H24O2.C12H17NO2.CH4/c1-4-37-33(36)31(21-20-27-14-8-5-9-15-27)34-26(3)30(23-29-18-12-7-13-19-29)24-32(35)25(2)22-28-16-10-6-11-17-28;1-16(13-18-9-5-3-6-10-18)21(23)15-20(17(2)22)14-19-11-7-4-8-12-19;1-2-15-12(14)11(13)9-8-10-6-4-3-5-7-10;/h5-19,25,30-31H,4,20-24H2,1-3H3;3-12,16,20H,13-15H2,1-2H3;3-7,11H,2,8-9,13H2,1H3;1H4. The minimum absolute atomic E-state index is 0.